The van der Waals surface area contributed by atoms with Gasteiger partial charge in [0.05, 0.1) is 26.1 Å². The summed E-state index contributed by atoms with van der Waals surface area (Å²) in [6.45, 7) is 0.496. The second kappa shape index (κ2) is 8.56. The number of nitrogens with zero attached hydrogens (tertiary/aromatic N) is 2. The lowest BCUT2D eigenvalue weighted by atomic mass is 9.92. The van der Waals surface area contributed by atoms with Crippen molar-refractivity contribution >= 4 is 5.91 Å². The fourth-order valence-corrected chi connectivity index (χ4v) is 3.79. The lowest BCUT2D eigenvalue weighted by Gasteiger charge is -2.31. The molecule has 1 aromatic heterocycles. The highest BCUT2D eigenvalue weighted by Gasteiger charge is 2.29. The summed E-state index contributed by atoms with van der Waals surface area (Å²) < 4.78 is 16.8. The van der Waals surface area contributed by atoms with E-state index in [1.165, 1.54) is 11.1 Å². The minimum absolute atomic E-state index is 0.0162. The largest absolute Gasteiger partial charge is 0.480 e. The van der Waals surface area contributed by atoms with Crippen LogP contribution in [0, 0.1) is 0 Å². The number of hydrogen-bond acceptors (Lipinski definition) is 6. The lowest BCUT2D eigenvalue weighted by molar-refractivity contribution is -0.135. The Morgan fingerprint density at radius 1 is 1.11 bits per heavy atom. The molecule has 1 aliphatic carbocycles. The molecule has 1 N–H and O–H groups in total. The first-order valence-electron chi connectivity index (χ1n) is 9.72. The van der Waals surface area contributed by atoms with Crippen molar-refractivity contribution < 1.29 is 19.0 Å². The van der Waals surface area contributed by atoms with Gasteiger partial charge in [0, 0.05) is 12.5 Å². The standard InChI is InChI=1S/C21H25N3O4/c1-26-19-11-22-12-20(24-19)28-17-8-6-16(7-9-17)23-21(25)18-10-14-4-2-3-5-15(14)13-27-18/h2-5,11-12,16-18H,6-10,13H2,1H3,(H,23,25). The van der Waals surface area contributed by atoms with Gasteiger partial charge in [0.2, 0.25) is 17.7 Å². The second-order valence-corrected chi connectivity index (χ2v) is 7.27. The van der Waals surface area contributed by atoms with Crippen LogP contribution in [0.4, 0.5) is 0 Å². The van der Waals surface area contributed by atoms with E-state index in [9.17, 15) is 4.79 Å². The molecular weight excluding hydrogens is 358 g/mol. The van der Waals surface area contributed by atoms with Crippen molar-refractivity contribution in [1.82, 2.24) is 15.3 Å². The van der Waals surface area contributed by atoms with Crippen molar-refractivity contribution in [2.45, 2.75) is 57.0 Å². The van der Waals surface area contributed by atoms with E-state index >= 15 is 0 Å². The molecule has 7 heteroatoms. The Morgan fingerprint density at radius 3 is 2.64 bits per heavy atom. The van der Waals surface area contributed by atoms with E-state index in [2.05, 4.69) is 27.4 Å². The van der Waals surface area contributed by atoms with Crippen LogP contribution in [-0.4, -0.2) is 41.2 Å². The summed E-state index contributed by atoms with van der Waals surface area (Å²) in [5.41, 5.74) is 2.37. The quantitative estimate of drug-likeness (QED) is 0.854. The minimum atomic E-state index is -0.407. The summed E-state index contributed by atoms with van der Waals surface area (Å²) in [7, 11) is 1.55. The van der Waals surface area contributed by atoms with Gasteiger partial charge in [-0.2, -0.15) is 4.98 Å². The zero-order valence-electron chi connectivity index (χ0n) is 16.0. The molecule has 2 aliphatic rings. The molecule has 1 aliphatic heterocycles. The van der Waals surface area contributed by atoms with Crippen molar-refractivity contribution in [2.75, 3.05) is 7.11 Å². The topological polar surface area (TPSA) is 82.6 Å². The summed E-state index contributed by atoms with van der Waals surface area (Å²) in [6, 6.07) is 8.29. The predicted molar refractivity (Wildman–Crippen MR) is 102 cm³/mol. The van der Waals surface area contributed by atoms with Gasteiger partial charge in [0.15, 0.2) is 0 Å². The van der Waals surface area contributed by atoms with Gasteiger partial charge < -0.3 is 19.5 Å². The maximum Gasteiger partial charge on any atom is 0.249 e. The number of hydrogen-bond donors (Lipinski definition) is 1. The van der Waals surface area contributed by atoms with E-state index in [4.69, 9.17) is 14.2 Å². The molecule has 2 aromatic rings. The van der Waals surface area contributed by atoms with Crippen LogP contribution < -0.4 is 14.8 Å². The highest BCUT2D eigenvalue weighted by atomic mass is 16.5. The Balaban J connectivity index is 1.25. The summed E-state index contributed by atoms with van der Waals surface area (Å²) in [6.07, 6.45) is 6.91. The number of nitrogens with one attached hydrogen (secondary N) is 1. The predicted octanol–water partition coefficient (Wildman–Crippen LogP) is 2.43. The Bertz CT molecular complexity index is 821. The summed E-state index contributed by atoms with van der Waals surface area (Å²) >= 11 is 0. The minimum Gasteiger partial charge on any atom is -0.480 e. The first-order chi connectivity index (χ1) is 13.7. The van der Waals surface area contributed by atoms with Crippen molar-refractivity contribution in [2.24, 2.45) is 0 Å². The first kappa shape index (κ1) is 18.7. The molecule has 28 heavy (non-hydrogen) atoms. The Labute approximate surface area is 164 Å². The van der Waals surface area contributed by atoms with Crippen LogP contribution in [0.15, 0.2) is 36.7 Å². The number of carbonyl (C=O) groups is 1. The molecule has 0 radical (unpaired) electrons. The van der Waals surface area contributed by atoms with Gasteiger partial charge in [-0.3, -0.25) is 9.78 Å². The van der Waals surface area contributed by atoms with Gasteiger partial charge in [0.25, 0.3) is 0 Å². The van der Waals surface area contributed by atoms with E-state index in [1.807, 2.05) is 12.1 Å². The van der Waals surface area contributed by atoms with Crippen molar-refractivity contribution in [1.29, 1.82) is 0 Å². The number of aromatic nitrogens is 2. The SMILES string of the molecule is COc1cncc(OC2CCC(NC(=O)C3Cc4ccccc4CO3)CC2)n1. The van der Waals surface area contributed by atoms with Crippen LogP contribution in [0.2, 0.25) is 0 Å². The molecule has 1 unspecified atom stereocenters. The van der Waals surface area contributed by atoms with Crippen LogP contribution in [0.1, 0.15) is 36.8 Å². The number of amides is 1. The van der Waals surface area contributed by atoms with Gasteiger partial charge in [-0.25, -0.2) is 0 Å². The molecule has 4 rings (SSSR count). The molecule has 1 aromatic carbocycles. The van der Waals surface area contributed by atoms with Crippen LogP contribution in [-0.2, 0) is 22.6 Å². The molecule has 1 atom stereocenters. The fourth-order valence-electron chi connectivity index (χ4n) is 3.79. The van der Waals surface area contributed by atoms with Crippen molar-refractivity contribution in [3.63, 3.8) is 0 Å². The maximum absolute atomic E-state index is 12.6. The Kier molecular flexibility index (Phi) is 5.71. The zero-order valence-corrected chi connectivity index (χ0v) is 16.0. The average molecular weight is 383 g/mol. The van der Waals surface area contributed by atoms with Gasteiger partial charge in [-0.05, 0) is 36.8 Å². The third-order valence-corrected chi connectivity index (χ3v) is 5.36. The van der Waals surface area contributed by atoms with Crippen LogP contribution in [0.3, 0.4) is 0 Å². The van der Waals surface area contributed by atoms with E-state index in [0.29, 0.717) is 24.8 Å². The monoisotopic (exact) mass is 383 g/mol. The first-order valence-corrected chi connectivity index (χ1v) is 9.72. The molecule has 1 fully saturated rings. The number of fused-ring (bicyclic) bond motifs is 1. The molecular formula is C21H25N3O4. The number of benzene rings is 1. The summed E-state index contributed by atoms with van der Waals surface area (Å²) in [5.74, 6) is 0.895. The maximum atomic E-state index is 12.6. The normalized spacial score (nSPS) is 24.1. The third kappa shape index (κ3) is 4.42. The fraction of sp³-hybridized carbons (Fsp3) is 0.476. The molecule has 0 spiro atoms. The smallest absolute Gasteiger partial charge is 0.249 e. The van der Waals surface area contributed by atoms with E-state index in [-0.39, 0.29) is 18.1 Å². The highest BCUT2D eigenvalue weighted by Crippen LogP contribution is 2.25. The van der Waals surface area contributed by atoms with Crippen molar-refractivity contribution in [3.8, 4) is 11.8 Å². The molecule has 1 saturated carbocycles. The van der Waals surface area contributed by atoms with Crippen LogP contribution >= 0.6 is 0 Å². The number of ether oxygens (including phenoxy) is 3. The molecule has 7 nitrogen and oxygen atoms in total. The summed E-state index contributed by atoms with van der Waals surface area (Å²) in [4.78, 5) is 20.9. The average Bonchev–Trinajstić information content (AvgIpc) is 2.75. The Hall–Kier alpha value is -2.67. The van der Waals surface area contributed by atoms with E-state index in [0.717, 1.165) is 25.7 Å². The Morgan fingerprint density at radius 2 is 1.86 bits per heavy atom. The van der Waals surface area contributed by atoms with Gasteiger partial charge in [-0.15, -0.1) is 0 Å². The third-order valence-electron chi connectivity index (χ3n) is 5.36. The molecule has 0 bridgehead atoms. The van der Waals surface area contributed by atoms with Crippen molar-refractivity contribution in [3.05, 3.63) is 47.8 Å². The number of methoxy groups -OCH3 is 1. The molecule has 148 valence electrons. The van der Waals surface area contributed by atoms with E-state index in [1.54, 1.807) is 19.5 Å². The van der Waals surface area contributed by atoms with Crippen LogP contribution in [0.5, 0.6) is 11.8 Å². The van der Waals surface area contributed by atoms with Gasteiger partial charge >= 0.3 is 0 Å². The second-order valence-electron chi connectivity index (χ2n) is 7.27. The number of rotatable bonds is 5. The highest BCUT2D eigenvalue weighted by molar-refractivity contribution is 5.81. The molecule has 2 heterocycles. The molecule has 0 saturated heterocycles. The van der Waals surface area contributed by atoms with Gasteiger partial charge in [0.1, 0.15) is 12.2 Å². The summed E-state index contributed by atoms with van der Waals surface area (Å²) in [5, 5.41) is 3.15. The van der Waals surface area contributed by atoms with Gasteiger partial charge in [-0.1, -0.05) is 24.3 Å². The molecule has 1 amide bonds. The zero-order chi connectivity index (χ0) is 19.3. The lowest BCUT2D eigenvalue weighted by Crippen LogP contribution is -2.46. The van der Waals surface area contributed by atoms with Crippen LogP contribution in [0.25, 0.3) is 0 Å². The van der Waals surface area contributed by atoms with E-state index < -0.39 is 6.10 Å². The number of carbonyl (C=O) groups excluding carboxylic acids is 1.